The predicted octanol–water partition coefficient (Wildman–Crippen LogP) is 5.81. The van der Waals surface area contributed by atoms with Crippen molar-refractivity contribution in [1.29, 1.82) is 5.41 Å². The van der Waals surface area contributed by atoms with Crippen LogP contribution < -0.4 is 20.5 Å². The minimum absolute atomic E-state index is 0.0601. The molecule has 4 rings (SSSR count). The number of ether oxygens (including phenoxy) is 4. The van der Waals surface area contributed by atoms with Crippen molar-refractivity contribution in [1.82, 2.24) is 5.32 Å². The van der Waals surface area contributed by atoms with E-state index in [1.807, 2.05) is 6.92 Å². The summed E-state index contributed by atoms with van der Waals surface area (Å²) < 4.78 is 22.4. The zero-order valence-electron chi connectivity index (χ0n) is 22.8. The van der Waals surface area contributed by atoms with Gasteiger partial charge in [0.2, 0.25) is 5.90 Å². The molecule has 9 nitrogen and oxygen atoms in total. The van der Waals surface area contributed by atoms with Crippen LogP contribution >= 0.6 is 0 Å². The van der Waals surface area contributed by atoms with Gasteiger partial charge >= 0.3 is 5.97 Å². The van der Waals surface area contributed by atoms with Crippen LogP contribution in [-0.4, -0.2) is 43.1 Å². The maximum Gasteiger partial charge on any atom is 0.338 e. The van der Waals surface area contributed by atoms with E-state index >= 15 is 0 Å². The summed E-state index contributed by atoms with van der Waals surface area (Å²) in [5.74, 6) is 1.26. The van der Waals surface area contributed by atoms with Crippen molar-refractivity contribution in [2.75, 3.05) is 13.2 Å². The van der Waals surface area contributed by atoms with Gasteiger partial charge in [0.05, 0.1) is 18.8 Å². The molecule has 0 spiro atoms. The Hall–Kier alpha value is -4.37. The number of nitrogens with one attached hydrogen (secondary N) is 2. The number of esters is 1. The van der Waals surface area contributed by atoms with Gasteiger partial charge in [0.25, 0.3) is 5.91 Å². The second-order valence-corrected chi connectivity index (χ2v) is 9.51. The maximum atomic E-state index is 13.2. The van der Waals surface area contributed by atoms with E-state index in [4.69, 9.17) is 30.1 Å². The highest BCUT2D eigenvalue weighted by molar-refractivity contribution is 5.95. The Balaban J connectivity index is 1.55. The molecule has 4 N–H and O–H groups in total. The van der Waals surface area contributed by atoms with Crippen molar-refractivity contribution in [3.05, 3.63) is 83.4 Å². The first-order valence-electron chi connectivity index (χ1n) is 13.5. The minimum Gasteiger partial charge on any atom is -0.478 e. The van der Waals surface area contributed by atoms with E-state index in [9.17, 15) is 9.59 Å². The average molecular weight is 546 g/mol. The topological polar surface area (TPSA) is 133 Å². The molecule has 0 unspecified atom stereocenters. The fraction of sp³-hybridized carbons (Fsp3) is 0.323. The van der Waals surface area contributed by atoms with Gasteiger partial charge < -0.3 is 30.0 Å². The van der Waals surface area contributed by atoms with E-state index in [-0.39, 0.29) is 23.9 Å². The molecule has 0 heterocycles. The molecule has 9 heteroatoms. The fourth-order valence-electron chi connectivity index (χ4n) is 4.40. The summed E-state index contributed by atoms with van der Waals surface area (Å²) in [6.07, 6.45) is 3.42. The van der Waals surface area contributed by atoms with Crippen LogP contribution in [0.1, 0.15) is 65.8 Å². The third kappa shape index (κ3) is 7.83. The number of rotatable bonds is 10. The third-order valence-electron chi connectivity index (χ3n) is 6.49. The predicted molar refractivity (Wildman–Crippen MR) is 152 cm³/mol. The lowest BCUT2D eigenvalue weighted by atomic mass is 9.91. The number of benzene rings is 3. The normalized spacial score (nSPS) is 16.5. The smallest absolute Gasteiger partial charge is 0.338 e. The highest BCUT2D eigenvalue weighted by Gasteiger charge is 2.21. The van der Waals surface area contributed by atoms with Crippen LogP contribution in [0.3, 0.4) is 0 Å². The molecule has 1 fully saturated rings. The maximum absolute atomic E-state index is 13.2. The molecule has 1 saturated carbocycles. The summed E-state index contributed by atoms with van der Waals surface area (Å²) in [6.45, 7) is 4.28. The molecule has 40 heavy (non-hydrogen) atoms. The Morgan fingerprint density at radius 2 is 1.27 bits per heavy atom. The van der Waals surface area contributed by atoms with Crippen molar-refractivity contribution in [3.63, 3.8) is 0 Å². The Bertz CT molecular complexity index is 1230. The summed E-state index contributed by atoms with van der Waals surface area (Å²) in [6, 6.07) is 18.8. The van der Waals surface area contributed by atoms with Crippen molar-refractivity contribution in [3.8, 4) is 23.0 Å². The van der Waals surface area contributed by atoms with Gasteiger partial charge in [-0.2, -0.15) is 0 Å². The number of carbonyl (C=O) groups is 2. The second-order valence-electron chi connectivity index (χ2n) is 9.51. The molecule has 1 amide bonds. The molecule has 0 aliphatic heterocycles. The molecule has 0 bridgehead atoms. The Morgan fingerprint density at radius 1 is 0.750 bits per heavy atom. The molecule has 1 aliphatic rings. The Morgan fingerprint density at radius 3 is 1.80 bits per heavy atom. The summed E-state index contributed by atoms with van der Waals surface area (Å²) >= 11 is 0. The van der Waals surface area contributed by atoms with Gasteiger partial charge in [-0.3, -0.25) is 10.2 Å². The van der Waals surface area contributed by atoms with Gasteiger partial charge in [0.15, 0.2) is 0 Å². The number of hydrogen-bond donors (Lipinski definition) is 3. The van der Waals surface area contributed by atoms with E-state index in [1.165, 1.54) is 0 Å². The molecule has 3 aromatic carbocycles. The first-order valence-corrected chi connectivity index (χ1v) is 13.5. The van der Waals surface area contributed by atoms with Crippen LogP contribution in [-0.2, 0) is 9.47 Å². The monoisotopic (exact) mass is 545 g/mol. The first kappa shape index (κ1) is 28.6. The number of hydrogen-bond acceptors (Lipinski definition) is 8. The van der Waals surface area contributed by atoms with Crippen molar-refractivity contribution >= 4 is 17.8 Å². The summed E-state index contributed by atoms with van der Waals surface area (Å²) in [7, 11) is 0. The summed E-state index contributed by atoms with van der Waals surface area (Å²) in [4.78, 5) is 25.2. The van der Waals surface area contributed by atoms with Gasteiger partial charge in [-0.25, -0.2) is 4.79 Å². The average Bonchev–Trinajstić information content (AvgIpc) is 2.95. The molecular formula is C31H35N3O6. The summed E-state index contributed by atoms with van der Waals surface area (Å²) in [5, 5.41) is 11.1. The van der Waals surface area contributed by atoms with Gasteiger partial charge in [0, 0.05) is 29.3 Å². The van der Waals surface area contributed by atoms with E-state index in [0.29, 0.717) is 52.9 Å². The van der Waals surface area contributed by atoms with E-state index in [1.54, 1.807) is 73.7 Å². The van der Waals surface area contributed by atoms with Crippen LogP contribution in [0.4, 0.5) is 0 Å². The zero-order valence-corrected chi connectivity index (χ0v) is 22.8. The van der Waals surface area contributed by atoms with Gasteiger partial charge in [-0.15, -0.1) is 0 Å². The van der Waals surface area contributed by atoms with Crippen LogP contribution in [0.2, 0.25) is 0 Å². The molecule has 210 valence electrons. The van der Waals surface area contributed by atoms with E-state index in [0.717, 1.165) is 25.7 Å². The van der Waals surface area contributed by atoms with E-state index in [2.05, 4.69) is 5.32 Å². The molecule has 3 aromatic rings. The molecule has 0 atom stereocenters. The standard InChI is InChI=1S/C31H35N3O6/c1-3-37-29(33)20-5-13-25(14-6-20)39-27-17-22(30(35)34-24-11-9-23(32)10-12-24)18-28(19-27)40-26-15-7-21(8-16-26)31(36)38-4-2/h5-8,13-19,23-24,33H,3-4,9-12,32H2,1-2H3,(H,34,35). The van der Waals surface area contributed by atoms with Crippen LogP contribution in [0.5, 0.6) is 23.0 Å². The van der Waals surface area contributed by atoms with Gasteiger partial charge in [0.1, 0.15) is 23.0 Å². The first-order chi connectivity index (χ1) is 19.3. The Kier molecular flexibility index (Phi) is 9.75. The molecule has 0 saturated heterocycles. The van der Waals surface area contributed by atoms with Crippen molar-refractivity contribution in [2.24, 2.45) is 5.73 Å². The molecule has 0 radical (unpaired) electrons. The Labute approximate surface area is 234 Å². The van der Waals surface area contributed by atoms with Gasteiger partial charge in [-0.05, 0) is 100 Å². The van der Waals surface area contributed by atoms with Crippen molar-refractivity contribution in [2.45, 2.75) is 51.6 Å². The van der Waals surface area contributed by atoms with E-state index < -0.39 is 5.97 Å². The fourth-order valence-corrected chi connectivity index (χ4v) is 4.40. The highest BCUT2D eigenvalue weighted by atomic mass is 16.5. The lowest BCUT2D eigenvalue weighted by Crippen LogP contribution is -2.40. The van der Waals surface area contributed by atoms with Crippen LogP contribution in [0, 0.1) is 5.41 Å². The zero-order chi connectivity index (χ0) is 28.5. The SMILES string of the molecule is CCOC(=N)c1ccc(Oc2cc(Oc3ccc(C(=O)OCC)cc3)cc(C(=O)NC3CCC(N)CC3)c2)cc1. The lowest BCUT2D eigenvalue weighted by molar-refractivity contribution is 0.0526. The quantitative estimate of drug-likeness (QED) is 0.166. The van der Waals surface area contributed by atoms with Crippen molar-refractivity contribution < 1.29 is 28.5 Å². The molecule has 0 aromatic heterocycles. The number of carbonyl (C=O) groups excluding carboxylic acids is 2. The van der Waals surface area contributed by atoms with Crippen LogP contribution in [0.15, 0.2) is 66.7 Å². The minimum atomic E-state index is -0.408. The number of nitrogens with two attached hydrogens (primary N) is 1. The highest BCUT2D eigenvalue weighted by Crippen LogP contribution is 2.31. The second kappa shape index (κ2) is 13.6. The largest absolute Gasteiger partial charge is 0.478 e. The molecular weight excluding hydrogens is 510 g/mol. The lowest BCUT2D eigenvalue weighted by Gasteiger charge is -2.26. The molecule has 1 aliphatic carbocycles. The van der Waals surface area contributed by atoms with Crippen LogP contribution in [0.25, 0.3) is 0 Å². The summed E-state index contributed by atoms with van der Waals surface area (Å²) in [5.41, 5.74) is 7.45. The van der Waals surface area contributed by atoms with Gasteiger partial charge in [-0.1, -0.05) is 0 Å². The third-order valence-corrected chi connectivity index (χ3v) is 6.49. The number of amides is 1.